The van der Waals surface area contributed by atoms with Gasteiger partial charge in [-0.15, -0.1) is 0 Å². The van der Waals surface area contributed by atoms with Crippen LogP contribution in [-0.2, 0) is 0 Å². The zero-order valence-electron chi connectivity index (χ0n) is 11.9. The number of fused-ring (bicyclic) bond motifs is 1. The molecule has 0 aliphatic carbocycles. The van der Waals surface area contributed by atoms with Gasteiger partial charge >= 0.3 is 5.97 Å². The Morgan fingerprint density at radius 3 is 2.74 bits per heavy atom. The van der Waals surface area contributed by atoms with Gasteiger partial charge in [0.1, 0.15) is 5.76 Å². The zero-order chi connectivity index (χ0) is 15.8. The molecule has 3 aromatic heterocycles. The molecule has 0 atom stereocenters. The average Bonchev–Trinajstić information content (AvgIpc) is 3.24. The Bertz CT molecular complexity index is 1000. The monoisotopic (exact) mass is 305 g/mol. The summed E-state index contributed by atoms with van der Waals surface area (Å²) in [6, 6.07) is 14.7. The minimum atomic E-state index is -1.08. The fraction of sp³-hybridized carbons (Fsp3) is 0. The second-order valence-corrected chi connectivity index (χ2v) is 4.99. The molecular weight excluding hydrogens is 294 g/mol. The van der Waals surface area contributed by atoms with Crippen LogP contribution in [0.3, 0.4) is 0 Å². The highest BCUT2D eigenvalue weighted by atomic mass is 16.4. The number of aromatic carboxylic acids is 1. The normalized spacial score (nSPS) is 11.0. The lowest BCUT2D eigenvalue weighted by molar-refractivity contribution is 0.0690. The summed E-state index contributed by atoms with van der Waals surface area (Å²) in [6.07, 6.45) is 3.26. The number of hydrogen-bond donors (Lipinski definition) is 1. The summed E-state index contributed by atoms with van der Waals surface area (Å²) < 4.78 is 6.95. The van der Waals surface area contributed by atoms with Crippen LogP contribution >= 0.6 is 0 Å². The number of furan rings is 1. The minimum Gasteiger partial charge on any atom is -0.476 e. The molecule has 23 heavy (non-hydrogen) atoms. The van der Waals surface area contributed by atoms with Crippen LogP contribution in [0.2, 0.25) is 0 Å². The minimum absolute atomic E-state index is 0.0351. The Hall–Kier alpha value is -3.41. The molecular formula is C17H11N3O3. The highest BCUT2D eigenvalue weighted by Gasteiger charge is 2.13. The largest absolute Gasteiger partial charge is 0.476 e. The van der Waals surface area contributed by atoms with E-state index in [1.165, 1.54) is 10.6 Å². The zero-order valence-corrected chi connectivity index (χ0v) is 11.9. The van der Waals surface area contributed by atoms with Crippen molar-refractivity contribution in [3.8, 4) is 22.6 Å². The highest BCUT2D eigenvalue weighted by molar-refractivity contribution is 5.87. The topological polar surface area (TPSA) is 80.6 Å². The van der Waals surface area contributed by atoms with Crippen LogP contribution in [0.25, 0.3) is 28.2 Å². The van der Waals surface area contributed by atoms with Gasteiger partial charge in [0.15, 0.2) is 11.3 Å². The molecule has 0 aliphatic rings. The van der Waals surface area contributed by atoms with Crippen LogP contribution in [0, 0.1) is 0 Å². The lowest BCUT2D eigenvalue weighted by atomic mass is 10.1. The van der Waals surface area contributed by atoms with E-state index >= 15 is 0 Å². The van der Waals surface area contributed by atoms with Crippen LogP contribution in [0.1, 0.15) is 10.5 Å². The molecule has 6 heteroatoms. The Kier molecular flexibility index (Phi) is 2.94. The van der Waals surface area contributed by atoms with Crippen molar-refractivity contribution < 1.29 is 14.3 Å². The standard InChI is InChI=1S/C17H11N3O3/c21-17(22)13-10-16-18-7-6-14(20(16)19-13)11-3-1-4-12(9-11)15-5-2-8-23-15/h1-10H,(H,21,22). The number of carbonyl (C=O) groups is 1. The Balaban J connectivity index is 1.89. The van der Waals surface area contributed by atoms with Crippen molar-refractivity contribution in [2.75, 3.05) is 0 Å². The molecule has 0 unspecified atom stereocenters. The van der Waals surface area contributed by atoms with E-state index in [0.29, 0.717) is 5.65 Å². The van der Waals surface area contributed by atoms with Gasteiger partial charge < -0.3 is 9.52 Å². The number of carboxylic acid groups (broad SMARTS) is 1. The molecule has 4 rings (SSSR count). The first kappa shape index (κ1) is 13.3. The van der Waals surface area contributed by atoms with Gasteiger partial charge in [-0.2, -0.15) is 5.10 Å². The summed E-state index contributed by atoms with van der Waals surface area (Å²) >= 11 is 0. The van der Waals surface area contributed by atoms with Crippen LogP contribution in [0.5, 0.6) is 0 Å². The van der Waals surface area contributed by atoms with Crippen molar-refractivity contribution in [2.24, 2.45) is 0 Å². The molecule has 6 nitrogen and oxygen atoms in total. The first-order chi connectivity index (χ1) is 11.2. The summed E-state index contributed by atoms with van der Waals surface area (Å²) in [6.45, 7) is 0. The van der Waals surface area contributed by atoms with Crippen molar-refractivity contribution in [3.63, 3.8) is 0 Å². The number of aromatic nitrogens is 3. The number of nitrogens with zero attached hydrogens (tertiary/aromatic N) is 3. The van der Waals surface area contributed by atoms with E-state index in [1.54, 1.807) is 18.5 Å². The maximum atomic E-state index is 11.1. The Morgan fingerprint density at radius 1 is 1.09 bits per heavy atom. The van der Waals surface area contributed by atoms with Crippen LogP contribution in [0.4, 0.5) is 0 Å². The molecule has 0 saturated heterocycles. The van der Waals surface area contributed by atoms with E-state index in [2.05, 4.69) is 10.1 Å². The molecule has 0 spiro atoms. The summed E-state index contributed by atoms with van der Waals surface area (Å²) in [7, 11) is 0. The van der Waals surface area contributed by atoms with Gasteiger partial charge in [0.2, 0.25) is 0 Å². The lowest BCUT2D eigenvalue weighted by Gasteiger charge is -2.06. The summed E-state index contributed by atoms with van der Waals surface area (Å²) in [5.74, 6) is -0.311. The van der Waals surface area contributed by atoms with Gasteiger partial charge in [0.25, 0.3) is 0 Å². The third kappa shape index (κ3) is 2.26. The maximum absolute atomic E-state index is 11.1. The molecule has 0 fully saturated rings. The van der Waals surface area contributed by atoms with E-state index in [9.17, 15) is 4.79 Å². The van der Waals surface area contributed by atoms with Gasteiger partial charge in [-0.05, 0) is 24.3 Å². The first-order valence-electron chi connectivity index (χ1n) is 6.95. The number of rotatable bonds is 3. The molecule has 0 amide bonds. The molecule has 3 heterocycles. The second-order valence-electron chi connectivity index (χ2n) is 4.99. The van der Waals surface area contributed by atoms with E-state index in [1.807, 2.05) is 36.4 Å². The van der Waals surface area contributed by atoms with Gasteiger partial charge in [0, 0.05) is 23.4 Å². The molecule has 1 N–H and O–H groups in total. The number of hydrogen-bond acceptors (Lipinski definition) is 4. The predicted octanol–water partition coefficient (Wildman–Crippen LogP) is 3.35. The average molecular weight is 305 g/mol. The van der Waals surface area contributed by atoms with Gasteiger partial charge in [0.05, 0.1) is 12.0 Å². The Labute approximate surface area is 130 Å². The van der Waals surface area contributed by atoms with Crippen molar-refractivity contribution in [1.82, 2.24) is 14.6 Å². The SMILES string of the molecule is O=C(O)c1cc2nccc(-c3cccc(-c4ccco4)c3)n2n1. The molecule has 0 radical (unpaired) electrons. The number of carboxylic acids is 1. The predicted molar refractivity (Wildman–Crippen MR) is 83.1 cm³/mol. The number of benzene rings is 1. The van der Waals surface area contributed by atoms with Crippen molar-refractivity contribution in [3.05, 3.63) is 66.7 Å². The first-order valence-corrected chi connectivity index (χ1v) is 6.95. The van der Waals surface area contributed by atoms with Gasteiger partial charge in [-0.1, -0.05) is 18.2 Å². The smallest absolute Gasteiger partial charge is 0.356 e. The van der Waals surface area contributed by atoms with E-state index in [4.69, 9.17) is 9.52 Å². The summed E-state index contributed by atoms with van der Waals surface area (Å²) in [5, 5.41) is 13.2. The fourth-order valence-corrected chi connectivity index (χ4v) is 2.49. The molecule has 0 saturated carbocycles. The van der Waals surface area contributed by atoms with Crippen LogP contribution in [0.15, 0.2) is 65.4 Å². The molecule has 0 aliphatic heterocycles. The van der Waals surface area contributed by atoms with Crippen molar-refractivity contribution in [1.29, 1.82) is 0 Å². The molecule has 0 bridgehead atoms. The second kappa shape index (κ2) is 5.10. The lowest BCUT2D eigenvalue weighted by Crippen LogP contribution is -1.99. The van der Waals surface area contributed by atoms with E-state index < -0.39 is 5.97 Å². The molecule has 4 aromatic rings. The van der Waals surface area contributed by atoms with Crippen molar-refractivity contribution in [2.45, 2.75) is 0 Å². The fourth-order valence-electron chi connectivity index (χ4n) is 2.49. The van der Waals surface area contributed by atoms with Gasteiger partial charge in [-0.25, -0.2) is 14.3 Å². The van der Waals surface area contributed by atoms with E-state index in [-0.39, 0.29) is 5.69 Å². The van der Waals surface area contributed by atoms with Crippen LogP contribution < -0.4 is 0 Å². The quantitative estimate of drug-likeness (QED) is 0.627. The summed E-state index contributed by atoms with van der Waals surface area (Å²) in [4.78, 5) is 15.3. The molecule has 112 valence electrons. The van der Waals surface area contributed by atoms with Crippen LogP contribution in [-0.4, -0.2) is 25.7 Å². The summed E-state index contributed by atoms with van der Waals surface area (Å²) in [5.41, 5.74) is 3.04. The highest BCUT2D eigenvalue weighted by Crippen LogP contribution is 2.26. The van der Waals surface area contributed by atoms with Gasteiger partial charge in [-0.3, -0.25) is 0 Å². The van der Waals surface area contributed by atoms with Crippen molar-refractivity contribution >= 4 is 11.6 Å². The third-order valence-electron chi connectivity index (χ3n) is 3.54. The molecule has 1 aromatic carbocycles. The Morgan fingerprint density at radius 2 is 1.96 bits per heavy atom. The maximum Gasteiger partial charge on any atom is 0.356 e. The van der Waals surface area contributed by atoms with E-state index in [0.717, 1.165) is 22.6 Å². The third-order valence-corrected chi connectivity index (χ3v) is 3.54.